The molecule has 3 aromatic carbocycles. The van der Waals surface area contributed by atoms with Crippen molar-refractivity contribution in [3.8, 4) is 11.1 Å². The summed E-state index contributed by atoms with van der Waals surface area (Å²) in [6.07, 6.45) is -5.34. The molecular formula is C24H17F3O3S. The quantitative estimate of drug-likeness (QED) is 0.368. The molecule has 0 aliphatic heterocycles. The van der Waals surface area contributed by atoms with Crippen LogP contribution in [0.4, 0.5) is 13.2 Å². The highest BCUT2D eigenvalue weighted by Crippen LogP contribution is 2.38. The summed E-state index contributed by atoms with van der Waals surface area (Å²) in [7, 11) is 0. The summed E-state index contributed by atoms with van der Waals surface area (Å²) >= 11 is 1.35. The maximum atomic E-state index is 13.0. The third-order valence-electron chi connectivity index (χ3n) is 5.00. The van der Waals surface area contributed by atoms with Crippen LogP contribution >= 0.6 is 11.3 Å². The van der Waals surface area contributed by atoms with Gasteiger partial charge >= 0.3 is 12.1 Å². The maximum absolute atomic E-state index is 13.0. The smallest absolute Gasteiger partial charge is 0.416 e. The second kappa shape index (κ2) is 8.17. The second-order valence-corrected chi connectivity index (χ2v) is 8.26. The molecule has 31 heavy (non-hydrogen) atoms. The zero-order valence-corrected chi connectivity index (χ0v) is 16.9. The van der Waals surface area contributed by atoms with Crippen molar-refractivity contribution >= 4 is 27.4 Å². The Balaban J connectivity index is 1.67. The second-order valence-electron chi connectivity index (χ2n) is 7.18. The van der Waals surface area contributed by atoms with E-state index < -0.39 is 23.8 Å². The van der Waals surface area contributed by atoms with Crippen LogP contribution in [0.25, 0.3) is 21.2 Å². The lowest BCUT2D eigenvalue weighted by molar-refractivity contribution is -0.137. The Morgan fingerprint density at radius 3 is 2.45 bits per heavy atom. The first-order valence-corrected chi connectivity index (χ1v) is 10.2. The molecule has 0 aliphatic rings. The van der Waals surface area contributed by atoms with E-state index in [0.29, 0.717) is 10.4 Å². The third-order valence-corrected chi connectivity index (χ3v) is 6.28. The fraction of sp³-hybridized carbons (Fsp3) is 0.125. The molecule has 158 valence electrons. The summed E-state index contributed by atoms with van der Waals surface area (Å²) in [6.45, 7) is 0. The van der Waals surface area contributed by atoms with Crippen molar-refractivity contribution < 1.29 is 28.2 Å². The van der Waals surface area contributed by atoms with Gasteiger partial charge in [0, 0.05) is 16.0 Å². The van der Waals surface area contributed by atoms with Gasteiger partial charge in [0.2, 0.25) is 0 Å². The van der Waals surface area contributed by atoms with Crippen LogP contribution in [0.2, 0.25) is 0 Å². The molecule has 4 rings (SSSR count). The number of aromatic carboxylic acids is 1. The molecule has 0 fully saturated rings. The predicted molar refractivity (Wildman–Crippen MR) is 114 cm³/mol. The number of alkyl halides is 3. The van der Waals surface area contributed by atoms with Crippen LogP contribution < -0.4 is 0 Å². The molecule has 0 aliphatic carbocycles. The number of aliphatic hydroxyl groups excluding tert-OH is 1. The van der Waals surface area contributed by atoms with E-state index in [1.54, 1.807) is 18.2 Å². The van der Waals surface area contributed by atoms with Gasteiger partial charge in [-0.05, 0) is 46.3 Å². The van der Waals surface area contributed by atoms with Gasteiger partial charge in [-0.15, -0.1) is 11.3 Å². The van der Waals surface area contributed by atoms with Gasteiger partial charge in [0.05, 0.1) is 17.2 Å². The van der Waals surface area contributed by atoms with Gasteiger partial charge in [0.15, 0.2) is 0 Å². The van der Waals surface area contributed by atoms with Crippen LogP contribution in [0.15, 0.2) is 72.8 Å². The molecule has 0 amide bonds. The van der Waals surface area contributed by atoms with Crippen molar-refractivity contribution in [2.24, 2.45) is 0 Å². The van der Waals surface area contributed by atoms with Crippen LogP contribution in [0, 0.1) is 0 Å². The topological polar surface area (TPSA) is 57.5 Å². The fourth-order valence-electron chi connectivity index (χ4n) is 3.49. The first-order valence-electron chi connectivity index (χ1n) is 9.43. The van der Waals surface area contributed by atoms with Crippen molar-refractivity contribution in [3.05, 3.63) is 94.4 Å². The number of hydrogen-bond acceptors (Lipinski definition) is 3. The number of thiophene rings is 1. The van der Waals surface area contributed by atoms with Gasteiger partial charge in [-0.2, -0.15) is 13.2 Å². The van der Waals surface area contributed by atoms with Crippen LogP contribution in [0.1, 0.15) is 32.5 Å². The van der Waals surface area contributed by atoms with E-state index in [1.165, 1.54) is 23.5 Å². The molecule has 0 saturated carbocycles. The maximum Gasteiger partial charge on any atom is 0.416 e. The highest BCUT2D eigenvalue weighted by atomic mass is 32.1. The lowest BCUT2D eigenvalue weighted by Crippen LogP contribution is -2.06. The van der Waals surface area contributed by atoms with Crippen molar-refractivity contribution in [2.45, 2.75) is 18.7 Å². The largest absolute Gasteiger partial charge is 0.478 e. The van der Waals surface area contributed by atoms with Crippen molar-refractivity contribution in [1.82, 2.24) is 0 Å². The number of benzene rings is 3. The number of carboxylic acids is 1. The summed E-state index contributed by atoms with van der Waals surface area (Å²) in [5.41, 5.74) is 1.41. The molecule has 0 saturated heterocycles. The summed E-state index contributed by atoms with van der Waals surface area (Å²) in [5.74, 6) is -1.02. The van der Waals surface area contributed by atoms with Crippen LogP contribution in [0.5, 0.6) is 0 Å². The Hall–Kier alpha value is -3.16. The molecule has 0 radical (unpaired) electrons. The molecule has 2 N–H and O–H groups in total. The molecular weight excluding hydrogens is 425 g/mol. The van der Waals surface area contributed by atoms with Crippen LogP contribution in [-0.4, -0.2) is 16.2 Å². The first kappa shape index (κ1) is 21.1. The molecule has 1 aromatic heterocycles. The van der Waals surface area contributed by atoms with E-state index >= 15 is 0 Å². The Morgan fingerprint density at radius 1 is 0.968 bits per heavy atom. The molecule has 1 unspecified atom stereocenters. The monoisotopic (exact) mass is 442 g/mol. The molecule has 1 atom stereocenters. The molecule has 4 aromatic rings. The predicted octanol–water partition coefficient (Wildman–Crippen LogP) is 6.56. The lowest BCUT2D eigenvalue weighted by Gasteiger charge is -2.11. The van der Waals surface area contributed by atoms with E-state index in [2.05, 4.69) is 0 Å². The number of fused-ring (bicyclic) bond motifs is 1. The molecule has 7 heteroatoms. The number of carbonyl (C=O) groups is 1. The van der Waals surface area contributed by atoms with Gasteiger partial charge in [-0.1, -0.05) is 48.5 Å². The summed E-state index contributed by atoms with van der Waals surface area (Å²) < 4.78 is 39.7. The van der Waals surface area contributed by atoms with Crippen molar-refractivity contribution in [1.29, 1.82) is 0 Å². The molecule has 0 spiro atoms. The Bertz CT molecular complexity index is 1260. The number of hydrogen-bond donors (Lipinski definition) is 2. The van der Waals surface area contributed by atoms with E-state index in [9.17, 15) is 28.2 Å². The van der Waals surface area contributed by atoms with Crippen LogP contribution in [0.3, 0.4) is 0 Å². The minimum atomic E-state index is -4.43. The fourth-order valence-corrected chi connectivity index (χ4v) is 4.67. The number of halogens is 3. The number of carboxylic acid groups (broad SMARTS) is 1. The Kier molecular flexibility index (Phi) is 5.56. The van der Waals surface area contributed by atoms with E-state index in [-0.39, 0.29) is 12.0 Å². The molecule has 0 bridgehead atoms. The van der Waals surface area contributed by atoms with Gasteiger partial charge in [0.25, 0.3) is 0 Å². The van der Waals surface area contributed by atoms with Crippen molar-refractivity contribution in [2.75, 3.05) is 0 Å². The number of rotatable bonds is 5. The zero-order valence-electron chi connectivity index (χ0n) is 16.1. The van der Waals surface area contributed by atoms with Crippen molar-refractivity contribution in [3.63, 3.8) is 0 Å². The first-order chi connectivity index (χ1) is 14.7. The number of aliphatic hydroxyl groups is 1. The van der Waals surface area contributed by atoms with Gasteiger partial charge < -0.3 is 10.2 Å². The highest BCUT2D eigenvalue weighted by Gasteiger charge is 2.30. The van der Waals surface area contributed by atoms with E-state index in [4.69, 9.17) is 0 Å². The molecule has 3 nitrogen and oxygen atoms in total. The Morgan fingerprint density at radius 2 is 1.71 bits per heavy atom. The zero-order chi connectivity index (χ0) is 22.2. The molecule has 1 heterocycles. The minimum absolute atomic E-state index is 0.0561. The van der Waals surface area contributed by atoms with Gasteiger partial charge in [0.1, 0.15) is 0 Å². The van der Waals surface area contributed by atoms with E-state index in [0.717, 1.165) is 33.3 Å². The average molecular weight is 442 g/mol. The highest BCUT2D eigenvalue weighted by molar-refractivity contribution is 7.19. The van der Waals surface area contributed by atoms with Crippen LogP contribution in [-0.2, 0) is 12.6 Å². The average Bonchev–Trinajstić information content (AvgIpc) is 3.18. The van der Waals surface area contributed by atoms with Gasteiger partial charge in [-0.25, -0.2) is 4.79 Å². The van der Waals surface area contributed by atoms with Gasteiger partial charge in [-0.3, -0.25) is 0 Å². The van der Waals surface area contributed by atoms with E-state index in [1.807, 2.05) is 30.3 Å². The standard InChI is InChI=1S/C24H17F3O3S/c25-24(26,27)18-8-1-4-14(10-18)11-20(28)21-13-16-6-3-9-19(22(16)31-21)15-5-2-7-17(12-15)23(29)30/h1-10,12-13,20,28H,11H2,(H,29,30). The minimum Gasteiger partial charge on any atom is -0.478 e. The summed E-state index contributed by atoms with van der Waals surface area (Å²) in [4.78, 5) is 11.9. The summed E-state index contributed by atoms with van der Waals surface area (Å²) in [6, 6.07) is 19.0. The third kappa shape index (κ3) is 4.47. The summed E-state index contributed by atoms with van der Waals surface area (Å²) in [5, 5.41) is 20.8. The Labute approximate surface area is 180 Å². The SMILES string of the molecule is O=C(O)c1cccc(-c2cccc3cc(C(O)Cc4cccc(C(F)(F)F)c4)sc23)c1. The normalized spacial score (nSPS) is 12.8. The lowest BCUT2D eigenvalue weighted by atomic mass is 10.0.